The topological polar surface area (TPSA) is 79.3 Å². The minimum Gasteiger partial charge on any atom is -0.352 e. The summed E-state index contributed by atoms with van der Waals surface area (Å²) >= 11 is 0. The highest BCUT2D eigenvalue weighted by molar-refractivity contribution is 6.15. The molecule has 1 amide bonds. The Balaban J connectivity index is 1.20. The third-order valence-corrected chi connectivity index (χ3v) is 5.92. The van der Waals surface area contributed by atoms with Crippen molar-refractivity contribution in [1.82, 2.24) is 20.6 Å². The lowest BCUT2D eigenvalue weighted by Crippen LogP contribution is -2.37. The minimum absolute atomic E-state index is 0.0110. The second kappa shape index (κ2) is 8.40. The van der Waals surface area contributed by atoms with Crippen molar-refractivity contribution in [3.8, 4) is 0 Å². The molecule has 2 aliphatic heterocycles. The Labute approximate surface area is 181 Å². The Morgan fingerprint density at radius 1 is 1.16 bits per heavy atom. The Morgan fingerprint density at radius 3 is 2.87 bits per heavy atom. The zero-order valence-electron chi connectivity index (χ0n) is 17.5. The fraction of sp³-hybridized carbons (Fsp3) is 0.280. The largest absolute Gasteiger partial charge is 0.352 e. The molecule has 2 aliphatic rings. The number of nitrogens with zero attached hydrogens (tertiary/aromatic N) is 3. The van der Waals surface area contributed by atoms with E-state index in [0.29, 0.717) is 6.54 Å². The smallest absolute Gasteiger partial charge is 0.226 e. The maximum Gasteiger partial charge on any atom is 0.226 e. The van der Waals surface area contributed by atoms with Crippen molar-refractivity contribution in [2.24, 2.45) is 4.99 Å². The summed E-state index contributed by atoms with van der Waals surface area (Å²) in [6.07, 6.45) is 4.83. The molecule has 1 fully saturated rings. The number of aryl methyl sites for hydroxylation is 1. The summed E-state index contributed by atoms with van der Waals surface area (Å²) in [5, 5.41) is 6.66. The summed E-state index contributed by atoms with van der Waals surface area (Å²) in [7, 11) is 0. The summed E-state index contributed by atoms with van der Waals surface area (Å²) < 4.78 is 0. The van der Waals surface area contributed by atoms with Crippen molar-refractivity contribution < 1.29 is 4.79 Å². The van der Waals surface area contributed by atoms with Gasteiger partial charge in [-0.2, -0.15) is 0 Å². The van der Waals surface area contributed by atoms with E-state index in [1.54, 1.807) is 6.20 Å². The van der Waals surface area contributed by atoms with Crippen LogP contribution in [0.1, 0.15) is 46.1 Å². The first-order chi connectivity index (χ1) is 15.2. The molecule has 1 aromatic carbocycles. The number of benzene rings is 1. The molecule has 0 unspecified atom stereocenters. The molecule has 4 heterocycles. The van der Waals surface area contributed by atoms with Crippen LogP contribution < -0.4 is 10.6 Å². The summed E-state index contributed by atoms with van der Waals surface area (Å²) in [5.41, 5.74) is 7.18. The Hall–Kier alpha value is -3.38. The van der Waals surface area contributed by atoms with Crippen LogP contribution in [-0.4, -0.2) is 34.2 Å². The van der Waals surface area contributed by atoms with Gasteiger partial charge in [0, 0.05) is 47.8 Å². The van der Waals surface area contributed by atoms with Crippen LogP contribution in [0, 0.1) is 6.92 Å². The van der Waals surface area contributed by atoms with Crippen LogP contribution in [0.15, 0.2) is 65.9 Å². The van der Waals surface area contributed by atoms with E-state index >= 15 is 0 Å². The molecule has 31 heavy (non-hydrogen) atoms. The third kappa shape index (κ3) is 4.25. The zero-order valence-corrected chi connectivity index (χ0v) is 17.5. The summed E-state index contributed by atoms with van der Waals surface area (Å²) in [4.78, 5) is 26.1. The lowest BCUT2D eigenvalue weighted by atomic mass is 10.0. The summed E-state index contributed by atoms with van der Waals surface area (Å²) in [6, 6.07) is 16.8. The third-order valence-electron chi connectivity index (χ3n) is 5.92. The summed E-state index contributed by atoms with van der Waals surface area (Å²) in [6.45, 7) is 3.38. The molecule has 2 N–H and O–H groups in total. The van der Waals surface area contributed by atoms with Crippen LogP contribution in [-0.2, 0) is 17.8 Å². The molecule has 0 bridgehead atoms. The molecule has 156 valence electrons. The average Bonchev–Trinajstić information content (AvgIpc) is 3.41. The first-order valence-electron chi connectivity index (χ1n) is 10.7. The fourth-order valence-electron chi connectivity index (χ4n) is 4.40. The number of amides is 1. The van der Waals surface area contributed by atoms with Crippen molar-refractivity contribution in [2.75, 3.05) is 6.54 Å². The van der Waals surface area contributed by atoms with Gasteiger partial charge in [0.25, 0.3) is 0 Å². The quantitative estimate of drug-likeness (QED) is 0.677. The van der Waals surface area contributed by atoms with Gasteiger partial charge in [-0.25, -0.2) is 0 Å². The van der Waals surface area contributed by atoms with Gasteiger partial charge >= 0.3 is 0 Å². The Kier molecular flexibility index (Phi) is 5.30. The van der Waals surface area contributed by atoms with Gasteiger partial charge in [0.15, 0.2) is 0 Å². The number of pyridine rings is 2. The van der Waals surface area contributed by atoms with Crippen molar-refractivity contribution in [1.29, 1.82) is 0 Å². The number of fused-ring (bicyclic) bond motifs is 1. The van der Waals surface area contributed by atoms with E-state index in [-0.39, 0.29) is 24.4 Å². The molecule has 0 saturated carbocycles. The number of carbonyl (C=O) groups excluding carboxylic acids is 1. The second-order valence-electron chi connectivity index (χ2n) is 8.23. The van der Waals surface area contributed by atoms with Gasteiger partial charge in [-0.1, -0.05) is 30.3 Å². The molecule has 0 spiro atoms. The SMILES string of the molecule is Cc1cc(C2=NCc3cc(CC(=O)N[C@@H]4CN[C@H](c5ccccc5)C4)ncc32)ccn1. The lowest BCUT2D eigenvalue weighted by Gasteiger charge is -2.13. The van der Waals surface area contributed by atoms with Gasteiger partial charge in [-0.15, -0.1) is 0 Å². The van der Waals surface area contributed by atoms with Crippen molar-refractivity contribution in [3.63, 3.8) is 0 Å². The number of rotatable bonds is 5. The fourth-order valence-corrected chi connectivity index (χ4v) is 4.40. The van der Waals surface area contributed by atoms with E-state index in [4.69, 9.17) is 4.99 Å². The van der Waals surface area contributed by atoms with Gasteiger partial charge in [0.2, 0.25) is 5.91 Å². The van der Waals surface area contributed by atoms with Crippen LogP contribution in [0.2, 0.25) is 0 Å². The van der Waals surface area contributed by atoms with E-state index in [0.717, 1.165) is 46.8 Å². The average molecular weight is 412 g/mol. The van der Waals surface area contributed by atoms with Gasteiger partial charge < -0.3 is 10.6 Å². The van der Waals surface area contributed by atoms with Crippen molar-refractivity contribution in [2.45, 2.75) is 38.4 Å². The lowest BCUT2D eigenvalue weighted by molar-refractivity contribution is -0.121. The molecule has 2 aromatic heterocycles. The maximum atomic E-state index is 12.6. The molecule has 0 aliphatic carbocycles. The highest BCUT2D eigenvalue weighted by Crippen LogP contribution is 2.24. The van der Waals surface area contributed by atoms with Gasteiger partial charge in [0.05, 0.1) is 24.4 Å². The monoisotopic (exact) mass is 411 g/mol. The molecule has 1 saturated heterocycles. The zero-order chi connectivity index (χ0) is 21.2. The van der Waals surface area contributed by atoms with E-state index in [1.807, 2.05) is 49.5 Å². The number of aliphatic imine (C=N–C) groups is 1. The molecule has 0 radical (unpaired) electrons. The number of hydrogen-bond donors (Lipinski definition) is 2. The molecule has 2 atom stereocenters. The highest BCUT2D eigenvalue weighted by Gasteiger charge is 2.26. The van der Waals surface area contributed by atoms with Crippen LogP contribution >= 0.6 is 0 Å². The first-order valence-corrected chi connectivity index (χ1v) is 10.7. The van der Waals surface area contributed by atoms with Crippen molar-refractivity contribution in [3.05, 3.63) is 94.6 Å². The first kappa shape index (κ1) is 19.6. The Morgan fingerprint density at radius 2 is 2.03 bits per heavy atom. The van der Waals surface area contributed by atoms with Gasteiger partial charge in [-0.3, -0.25) is 19.8 Å². The minimum atomic E-state index is 0.0110. The molecule has 6 heteroatoms. The molecular weight excluding hydrogens is 386 g/mol. The van der Waals surface area contributed by atoms with E-state index in [2.05, 4.69) is 32.7 Å². The van der Waals surface area contributed by atoms with Crippen LogP contribution in [0.25, 0.3) is 0 Å². The highest BCUT2D eigenvalue weighted by atomic mass is 16.1. The van der Waals surface area contributed by atoms with Crippen LogP contribution in [0.5, 0.6) is 0 Å². The standard InChI is InChI=1S/C25H25N5O/c1-16-9-18(7-8-26-16)25-22-15-27-20(10-19(22)13-29-25)12-24(31)30-21-11-23(28-14-21)17-5-3-2-4-6-17/h2-10,15,21,23,28H,11-14H2,1H3,(H,30,31)/t21-,23-/m0/s1. The normalized spacial score (nSPS) is 19.7. The van der Waals surface area contributed by atoms with E-state index in [9.17, 15) is 4.79 Å². The number of hydrogen-bond acceptors (Lipinski definition) is 5. The van der Waals surface area contributed by atoms with Crippen LogP contribution in [0.4, 0.5) is 0 Å². The molecular formula is C25H25N5O. The number of carbonyl (C=O) groups is 1. The second-order valence-corrected chi connectivity index (χ2v) is 8.23. The predicted molar refractivity (Wildman–Crippen MR) is 120 cm³/mol. The van der Waals surface area contributed by atoms with Gasteiger partial charge in [-0.05, 0) is 42.7 Å². The van der Waals surface area contributed by atoms with Crippen molar-refractivity contribution >= 4 is 11.6 Å². The number of nitrogens with one attached hydrogen (secondary N) is 2. The summed E-state index contributed by atoms with van der Waals surface area (Å²) in [5.74, 6) is 0.0110. The van der Waals surface area contributed by atoms with Crippen LogP contribution in [0.3, 0.4) is 0 Å². The van der Waals surface area contributed by atoms with E-state index < -0.39 is 0 Å². The number of aromatic nitrogens is 2. The molecule has 5 rings (SSSR count). The van der Waals surface area contributed by atoms with E-state index in [1.165, 1.54) is 5.56 Å². The molecule has 6 nitrogen and oxygen atoms in total. The maximum absolute atomic E-state index is 12.6. The predicted octanol–water partition coefficient (Wildman–Crippen LogP) is 2.90. The molecule has 3 aromatic rings. The van der Waals surface area contributed by atoms with Gasteiger partial charge in [0.1, 0.15) is 0 Å². The Bertz CT molecular complexity index is 1140.